The van der Waals surface area contributed by atoms with Gasteiger partial charge in [0.1, 0.15) is 9.77 Å². The van der Waals surface area contributed by atoms with E-state index in [1.54, 1.807) is 31.2 Å². The third-order valence-electron chi connectivity index (χ3n) is 4.73. The zero-order chi connectivity index (χ0) is 19.1. The van der Waals surface area contributed by atoms with Gasteiger partial charge in [0, 0.05) is 22.7 Å². The number of esters is 1. The van der Waals surface area contributed by atoms with E-state index in [-0.39, 0.29) is 16.3 Å². The number of fused-ring (bicyclic) bond motifs is 1. The molecule has 140 valence electrons. The number of piperidine rings is 1. The van der Waals surface area contributed by atoms with E-state index in [4.69, 9.17) is 4.74 Å². The van der Waals surface area contributed by atoms with E-state index >= 15 is 0 Å². The lowest BCUT2D eigenvalue weighted by Crippen LogP contribution is -2.49. The third kappa shape index (κ3) is 3.00. The Morgan fingerprint density at radius 3 is 2.65 bits per heavy atom. The van der Waals surface area contributed by atoms with Gasteiger partial charge in [-0.15, -0.1) is 11.3 Å². The molecule has 2 atom stereocenters. The van der Waals surface area contributed by atoms with E-state index in [1.807, 2.05) is 0 Å². The van der Waals surface area contributed by atoms with Crippen LogP contribution in [-0.4, -0.2) is 49.5 Å². The summed E-state index contributed by atoms with van der Waals surface area (Å²) in [4.78, 5) is 23.6. The Morgan fingerprint density at radius 2 is 2.00 bits per heavy atom. The first kappa shape index (κ1) is 18.8. The van der Waals surface area contributed by atoms with Crippen LogP contribution in [0.2, 0.25) is 0 Å². The standard InChI is InChI=1S/C17H19NO6S2/c1-10-11(16(19)20)7-5-9-18(10)26(22,23)15-12-6-3-4-8-13(12)25-14(15)17(21)24-2/h3-4,6,8,10-11H,5,7,9H2,1-2H3,(H,19,20)/t10-,11-/m0/s1. The molecular weight excluding hydrogens is 378 g/mol. The number of sulfonamides is 1. The van der Waals surface area contributed by atoms with Crippen molar-refractivity contribution in [3.63, 3.8) is 0 Å². The highest BCUT2D eigenvalue weighted by atomic mass is 32.2. The zero-order valence-electron chi connectivity index (χ0n) is 14.3. The number of thiophene rings is 1. The lowest BCUT2D eigenvalue weighted by Gasteiger charge is -2.36. The van der Waals surface area contributed by atoms with Crippen LogP contribution in [0.25, 0.3) is 10.1 Å². The van der Waals surface area contributed by atoms with Crippen molar-refractivity contribution < 1.29 is 27.9 Å². The van der Waals surface area contributed by atoms with Crippen molar-refractivity contribution >= 4 is 43.4 Å². The number of hydrogen-bond donors (Lipinski definition) is 1. The Balaban J connectivity index is 2.18. The summed E-state index contributed by atoms with van der Waals surface area (Å²) < 4.78 is 33.5. The number of rotatable bonds is 4. The fraction of sp³-hybridized carbons (Fsp3) is 0.412. The average molecular weight is 397 g/mol. The minimum atomic E-state index is -4.07. The molecule has 0 unspecified atom stereocenters. The van der Waals surface area contributed by atoms with Crippen molar-refractivity contribution in [2.45, 2.75) is 30.7 Å². The number of carbonyl (C=O) groups is 2. The highest BCUT2D eigenvalue weighted by molar-refractivity contribution is 7.89. The number of benzene rings is 1. The second-order valence-electron chi connectivity index (χ2n) is 6.19. The van der Waals surface area contributed by atoms with Crippen LogP contribution < -0.4 is 0 Å². The molecule has 1 N–H and O–H groups in total. The van der Waals surface area contributed by atoms with E-state index < -0.39 is 33.9 Å². The third-order valence-corrected chi connectivity index (χ3v) is 8.09. The van der Waals surface area contributed by atoms with E-state index in [0.717, 1.165) is 11.3 Å². The molecule has 0 amide bonds. The molecule has 0 aliphatic carbocycles. The van der Waals surface area contributed by atoms with E-state index in [0.29, 0.717) is 22.9 Å². The summed E-state index contributed by atoms with van der Waals surface area (Å²) >= 11 is 1.06. The Labute approximate surface area is 155 Å². The molecule has 26 heavy (non-hydrogen) atoms. The van der Waals surface area contributed by atoms with Gasteiger partial charge >= 0.3 is 11.9 Å². The van der Waals surface area contributed by atoms with Gasteiger partial charge in [0.05, 0.1) is 13.0 Å². The number of hydrogen-bond acceptors (Lipinski definition) is 6. The SMILES string of the molecule is COC(=O)c1sc2ccccc2c1S(=O)(=O)N1CCC[C@H](C(=O)O)[C@@H]1C. The van der Waals surface area contributed by atoms with Gasteiger partial charge in [0.25, 0.3) is 0 Å². The predicted molar refractivity (Wildman–Crippen MR) is 96.9 cm³/mol. The molecule has 0 radical (unpaired) electrons. The number of ether oxygens (including phenoxy) is 1. The van der Waals surface area contributed by atoms with Gasteiger partial charge in [-0.05, 0) is 25.8 Å². The molecule has 0 saturated carbocycles. The van der Waals surface area contributed by atoms with E-state index in [1.165, 1.54) is 11.4 Å². The molecule has 2 heterocycles. The molecular formula is C17H19NO6S2. The number of carboxylic acids is 1. The van der Waals surface area contributed by atoms with Crippen molar-refractivity contribution in [1.29, 1.82) is 0 Å². The van der Waals surface area contributed by atoms with Crippen LogP contribution in [-0.2, 0) is 19.6 Å². The molecule has 3 rings (SSSR count). The molecule has 0 spiro atoms. The highest BCUT2D eigenvalue weighted by Gasteiger charge is 2.42. The molecule has 0 bridgehead atoms. The lowest BCUT2D eigenvalue weighted by molar-refractivity contribution is -0.144. The molecule has 1 saturated heterocycles. The Hall–Kier alpha value is -1.97. The van der Waals surface area contributed by atoms with Gasteiger partial charge in [-0.25, -0.2) is 13.2 Å². The van der Waals surface area contributed by atoms with Gasteiger partial charge in [0.2, 0.25) is 10.0 Å². The Morgan fingerprint density at radius 1 is 1.31 bits per heavy atom. The van der Waals surface area contributed by atoms with E-state index in [9.17, 15) is 23.1 Å². The van der Waals surface area contributed by atoms with Crippen molar-refractivity contribution in [2.24, 2.45) is 5.92 Å². The molecule has 1 aliphatic heterocycles. The van der Waals surface area contributed by atoms with Crippen molar-refractivity contribution in [2.75, 3.05) is 13.7 Å². The average Bonchev–Trinajstić information content (AvgIpc) is 3.01. The molecule has 2 aromatic rings. The molecule has 1 aromatic heterocycles. The first-order valence-electron chi connectivity index (χ1n) is 8.13. The summed E-state index contributed by atoms with van der Waals surface area (Å²) in [7, 11) is -2.87. The smallest absolute Gasteiger partial charge is 0.349 e. The maximum absolute atomic E-state index is 13.4. The lowest BCUT2D eigenvalue weighted by atomic mass is 9.92. The van der Waals surface area contributed by atoms with E-state index in [2.05, 4.69) is 0 Å². The summed E-state index contributed by atoms with van der Waals surface area (Å²) in [5.41, 5.74) is 0. The largest absolute Gasteiger partial charge is 0.481 e. The molecule has 1 fully saturated rings. The van der Waals surface area contributed by atoms with Gasteiger partial charge in [-0.1, -0.05) is 18.2 Å². The highest BCUT2D eigenvalue weighted by Crippen LogP contribution is 2.39. The van der Waals surface area contributed by atoms with Gasteiger partial charge in [-0.3, -0.25) is 4.79 Å². The second-order valence-corrected chi connectivity index (χ2v) is 9.07. The van der Waals surface area contributed by atoms with Crippen LogP contribution in [0.3, 0.4) is 0 Å². The van der Waals surface area contributed by atoms with Crippen molar-refractivity contribution in [1.82, 2.24) is 4.31 Å². The van der Waals surface area contributed by atoms with Gasteiger partial charge < -0.3 is 9.84 Å². The van der Waals surface area contributed by atoms with Crippen LogP contribution in [0.15, 0.2) is 29.2 Å². The van der Waals surface area contributed by atoms with Gasteiger partial charge in [0.15, 0.2) is 0 Å². The quantitative estimate of drug-likeness (QED) is 0.796. The van der Waals surface area contributed by atoms with Crippen LogP contribution in [0.4, 0.5) is 0 Å². The van der Waals surface area contributed by atoms with Crippen molar-refractivity contribution in [3.05, 3.63) is 29.1 Å². The first-order chi connectivity index (χ1) is 12.3. The molecule has 1 aromatic carbocycles. The second kappa shape index (κ2) is 6.98. The normalized spacial score (nSPS) is 21.6. The Kier molecular flexibility index (Phi) is 5.05. The maximum atomic E-state index is 13.4. The van der Waals surface area contributed by atoms with Crippen LogP contribution in [0.1, 0.15) is 29.4 Å². The summed E-state index contributed by atoms with van der Waals surface area (Å²) in [6, 6.07) is 6.16. The number of nitrogens with zero attached hydrogens (tertiary/aromatic N) is 1. The Bertz CT molecular complexity index is 965. The van der Waals surface area contributed by atoms with Crippen LogP contribution in [0.5, 0.6) is 0 Å². The summed E-state index contributed by atoms with van der Waals surface area (Å²) in [5.74, 6) is -2.50. The number of carbonyl (C=O) groups excluding carboxylic acids is 1. The minimum absolute atomic E-state index is 0.0124. The fourth-order valence-corrected chi connectivity index (χ4v) is 6.89. The van der Waals surface area contributed by atoms with Crippen LogP contribution >= 0.6 is 11.3 Å². The number of carboxylic acid groups (broad SMARTS) is 1. The maximum Gasteiger partial charge on any atom is 0.349 e. The number of aliphatic carboxylic acids is 1. The van der Waals surface area contributed by atoms with Crippen molar-refractivity contribution in [3.8, 4) is 0 Å². The first-order valence-corrected chi connectivity index (χ1v) is 10.4. The summed E-state index contributed by atoms with van der Waals surface area (Å²) in [6.45, 7) is 1.82. The number of methoxy groups -OCH3 is 1. The molecule has 7 nitrogen and oxygen atoms in total. The van der Waals surface area contributed by atoms with Gasteiger partial charge in [-0.2, -0.15) is 4.31 Å². The summed E-state index contributed by atoms with van der Waals surface area (Å²) in [6.07, 6.45) is 0.882. The molecule has 9 heteroatoms. The predicted octanol–water partition coefficient (Wildman–Crippen LogP) is 2.56. The molecule has 1 aliphatic rings. The monoisotopic (exact) mass is 397 g/mol. The minimum Gasteiger partial charge on any atom is -0.481 e. The fourth-order valence-electron chi connectivity index (χ4n) is 3.40. The topological polar surface area (TPSA) is 101 Å². The summed E-state index contributed by atoms with van der Waals surface area (Å²) in [5, 5.41) is 9.83. The zero-order valence-corrected chi connectivity index (χ0v) is 16.0. The van der Waals surface area contributed by atoms with Crippen LogP contribution in [0, 0.1) is 5.92 Å².